The number of nitrogens with zero attached hydrogens (tertiary/aromatic N) is 1. The van der Waals surface area contributed by atoms with E-state index in [0.717, 1.165) is 42.2 Å². The molecule has 0 spiro atoms. The minimum atomic E-state index is -0.273. The van der Waals surface area contributed by atoms with Crippen molar-refractivity contribution < 1.29 is 9.59 Å². The largest absolute Gasteiger partial charge is 0.348 e. The number of fused-ring (bicyclic) bond motifs is 1. The zero-order valence-corrected chi connectivity index (χ0v) is 13.8. The lowest BCUT2D eigenvalue weighted by Crippen LogP contribution is -2.30. The number of carbonyl (C=O) groups is 2. The SMILES string of the molecule is NC1CCc2c(ccc(C(=O)NCc3ccc(Cl)nc3)c2C=O)C1. The fraction of sp³-hybridized carbons (Fsp3) is 0.278. The third kappa shape index (κ3) is 3.47. The quantitative estimate of drug-likeness (QED) is 0.659. The molecule has 5 nitrogen and oxygen atoms in total. The van der Waals surface area contributed by atoms with Crippen LogP contribution in [0.5, 0.6) is 0 Å². The summed E-state index contributed by atoms with van der Waals surface area (Å²) in [6, 6.07) is 7.19. The molecule has 2 aromatic rings. The number of aldehydes is 1. The van der Waals surface area contributed by atoms with Crippen molar-refractivity contribution in [1.29, 1.82) is 0 Å². The predicted molar refractivity (Wildman–Crippen MR) is 92.2 cm³/mol. The van der Waals surface area contributed by atoms with E-state index in [4.69, 9.17) is 17.3 Å². The van der Waals surface area contributed by atoms with Crippen molar-refractivity contribution in [2.24, 2.45) is 5.73 Å². The molecule has 1 amide bonds. The van der Waals surface area contributed by atoms with E-state index in [0.29, 0.717) is 22.8 Å². The molecule has 124 valence electrons. The molecule has 1 heterocycles. The van der Waals surface area contributed by atoms with E-state index in [1.165, 1.54) is 0 Å². The number of nitrogens with one attached hydrogen (secondary N) is 1. The van der Waals surface area contributed by atoms with Crippen LogP contribution in [0, 0.1) is 0 Å². The standard InChI is InChI=1S/C18H18ClN3O2/c19-17-6-1-11(8-21-17)9-22-18(24)15-4-2-12-7-13(20)3-5-14(12)16(15)10-23/h1-2,4,6,8,10,13H,3,5,7,9,20H2,(H,22,24). The molecule has 0 bridgehead atoms. The van der Waals surface area contributed by atoms with Crippen LogP contribution < -0.4 is 11.1 Å². The Hall–Kier alpha value is -2.24. The lowest BCUT2D eigenvalue weighted by atomic mass is 9.84. The van der Waals surface area contributed by atoms with E-state index in [2.05, 4.69) is 10.3 Å². The van der Waals surface area contributed by atoms with Gasteiger partial charge in [-0.1, -0.05) is 23.7 Å². The Labute approximate surface area is 145 Å². The summed E-state index contributed by atoms with van der Waals surface area (Å²) >= 11 is 5.74. The normalized spacial score (nSPS) is 16.3. The van der Waals surface area contributed by atoms with Crippen molar-refractivity contribution in [1.82, 2.24) is 10.3 Å². The zero-order valence-electron chi connectivity index (χ0n) is 13.1. The van der Waals surface area contributed by atoms with Gasteiger partial charge >= 0.3 is 0 Å². The molecule has 24 heavy (non-hydrogen) atoms. The molecule has 1 aromatic heterocycles. The molecular weight excluding hydrogens is 326 g/mol. The molecule has 1 unspecified atom stereocenters. The summed E-state index contributed by atoms with van der Waals surface area (Å²) in [5.41, 5.74) is 9.71. The zero-order chi connectivity index (χ0) is 17.1. The van der Waals surface area contributed by atoms with Crippen molar-refractivity contribution in [2.45, 2.75) is 31.8 Å². The van der Waals surface area contributed by atoms with E-state index < -0.39 is 0 Å². The van der Waals surface area contributed by atoms with Crippen LogP contribution in [0.15, 0.2) is 30.5 Å². The molecule has 1 aliphatic rings. The van der Waals surface area contributed by atoms with Crippen molar-refractivity contribution in [3.63, 3.8) is 0 Å². The molecule has 0 saturated heterocycles. The van der Waals surface area contributed by atoms with Crippen LogP contribution in [0.2, 0.25) is 5.15 Å². The van der Waals surface area contributed by atoms with Crippen LogP contribution in [0.25, 0.3) is 0 Å². The predicted octanol–water partition coefficient (Wildman–Crippen LogP) is 2.29. The molecular formula is C18H18ClN3O2. The average Bonchev–Trinajstić information content (AvgIpc) is 2.59. The molecule has 0 fully saturated rings. The van der Waals surface area contributed by atoms with E-state index >= 15 is 0 Å². The molecule has 3 rings (SSSR count). The maximum atomic E-state index is 12.5. The Bertz CT molecular complexity index is 775. The van der Waals surface area contributed by atoms with E-state index in [1.54, 1.807) is 24.4 Å². The molecule has 0 aliphatic heterocycles. The first-order chi connectivity index (χ1) is 11.6. The van der Waals surface area contributed by atoms with Crippen molar-refractivity contribution in [3.8, 4) is 0 Å². The second kappa shape index (κ2) is 7.11. The lowest BCUT2D eigenvalue weighted by molar-refractivity contribution is 0.0945. The Morgan fingerprint density at radius 3 is 2.92 bits per heavy atom. The van der Waals surface area contributed by atoms with Crippen molar-refractivity contribution >= 4 is 23.8 Å². The number of benzene rings is 1. The van der Waals surface area contributed by atoms with Crippen LogP contribution >= 0.6 is 11.6 Å². The van der Waals surface area contributed by atoms with Gasteiger partial charge in [0.1, 0.15) is 5.15 Å². The van der Waals surface area contributed by atoms with Gasteiger partial charge in [0.05, 0.1) is 5.56 Å². The Kier molecular flexibility index (Phi) is 4.92. The molecule has 0 radical (unpaired) electrons. The van der Waals surface area contributed by atoms with Gasteiger partial charge in [-0.3, -0.25) is 9.59 Å². The smallest absolute Gasteiger partial charge is 0.252 e. The maximum Gasteiger partial charge on any atom is 0.252 e. The number of amides is 1. The number of hydrogen-bond acceptors (Lipinski definition) is 4. The summed E-state index contributed by atoms with van der Waals surface area (Å²) in [4.78, 5) is 28.0. The topological polar surface area (TPSA) is 85.1 Å². The molecule has 1 aliphatic carbocycles. The number of halogens is 1. The van der Waals surface area contributed by atoms with Crippen LogP contribution in [-0.2, 0) is 19.4 Å². The fourth-order valence-electron chi connectivity index (χ4n) is 3.03. The highest BCUT2D eigenvalue weighted by atomic mass is 35.5. The van der Waals surface area contributed by atoms with Crippen LogP contribution in [0.1, 0.15) is 43.8 Å². The maximum absolute atomic E-state index is 12.5. The summed E-state index contributed by atoms with van der Waals surface area (Å²) in [6.07, 6.45) is 4.68. The number of pyridine rings is 1. The molecule has 1 aromatic carbocycles. The Morgan fingerprint density at radius 1 is 1.38 bits per heavy atom. The highest BCUT2D eigenvalue weighted by Crippen LogP contribution is 2.26. The van der Waals surface area contributed by atoms with E-state index in [1.807, 2.05) is 6.07 Å². The van der Waals surface area contributed by atoms with Crippen molar-refractivity contribution in [2.75, 3.05) is 0 Å². The van der Waals surface area contributed by atoms with Gasteiger partial charge < -0.3 is 11.1 Å². The number of hydrogen-bond donors (Lipinski definition) is 2. The Morgan fingerprint density at radius 2 is 2.21 bits per heavy atom. The van der Waals surface area contributed by atoms with Crippen LogP contribution in [0.4, 0.5) is 0 Å². The lowest BCUT2D eigenvalue weighted by Gasteiger charge is -2.23. The van der Waals surface area contributed by atoms with Gasteiger partial charge in [0.25, 0.3) is 5.91 Å². The minimum Gasteiger partial charge on any atom is -0.348 e. The van der Waals surface area contributed by atoms with Gasteiger partial charge in [-0.25, -0.2) is 4.98 Å². The summed E-state index contributed by atoms with van der Waals surface area (Å²) in [7, 11) is 0. The summed E-state index contributed by atoms with van der Waals surface area (Å²) in [5.74, 6) is -0.273. The van der Waals surface area contributed by atoms with Gasteiger partial charge in [0.2, 0.25) is 0 Å². The summed E-state index contributed by atoms with van der Waals surface area (Å²) in [5, 5.41) is 3.22. The molecule has 0 saturated carbocycles. The van der Waals surface area contributed by atoms with Gasteiger partial charge in [-0.15, -0.1) is 0 Å². The summed E-state index contributed by atoms with van der Waals surface area (Å²) in [6.45, 7) is 0.323. The molecule has 1 atom stereocenters. The van der Waals surface area contributed by atoms with Crippen LogP contribution in [-0.4, -0.2) is 23.2 Å². The highest BCUT2D eigenvalue weighted by Gasteiger charge is 2.22. The second-order valence-corrected chi connectivity index (χ2v) is 6.34. The second-order valence-electron chi connectivity index (χ2n) is 5.96. The monoisotopic (exact) mass is 343 g/mol. The molecule has 6 heteroatoms. The van der Waals surface area contributed by atoms with Gasteiger partial charge in [0, 0.05) is 24.3 Å². The Balaban J connectivity index is 1.79. The molecule has 3 N–H and O–H groups in total. The number of aromatic nitrogens is 1. The summed E-state index contributed by atoms with van der Waals surface area (Å²) < 4.78 is 0. The van der Waals surface area contributed by atoms with Crippen molar-refractivity contribution in [3.05, 3.63) is 63.4 Å². The third-order valence-corrected chi connectivity index (χ3v) is 4.53. The van der Waals surface area contributed by atoms with Gasteiger partial charge in [-0.2, -0.15) is 0 Å². The fourth-order valence-corrected chi connectivity index (χ4v) is 3.14. The average molecular weight is 344 g/mol. The van der Waals surface area contributed by atoms with Gasteiger partial charge in [-0.05, 0) is 48.1 Å². The first-order valence-corrected chi connectivity index (χ1v) is 8.20. The number of nitrogens with two attached hydrogens (primary N) is 1. The third-order valence-electron chi connectivity index (χ3n) is 4.31. The number of carbonyl (C=O) groups excluding carboxylic acids is 2. The van der Waals surface area contributed by atoms with E-state index in [-0.39, 0.29) is 11.9 Å². The highest BCUT2D eigenvalue weighted by molar-refractivity contribution is 6.29. The minimum absolute atomic E-state index is 0.120. The first-order valence-electron chi connectivity index (χ1n) is 7.82. The van der Waals surface area contributed by atoms with E-state index in [9.17, 15) is 9.59 Å². The van der Waals surface area contributed by atoms with Gasteiger partial charge in [0.15, 0.2) is 6.29 Å². The van der Waals surface area contributed by atoms with Crippen LogP contribution in [0.3, 0.4) is 0 Å². The number of rotatable bonds is 4. The first kappa shape index (κ1) is 16.6.